The highest BCUT2D eigenvalue weighted by atomic mass is 32.2. The molecule has 1 aliphatic rings. The van der Waals surface area contributed by atoms with Crippen molar-refractivity contribution < 1.29 is 22.4 Å². The summed E-state index contributed by atoms with van der Waals surface area (Å²) in [6.45, 7) is 2.23. The lowest BCUT2D eigenvalue weighted by Crippen LogP contribution is -2.37. The number of carbonyl (C=O) groups excluding carboxylic acids is 1. The monoisotopic (exact) mass is 458 g/mol. The normalized spacial score (nSPS) is 13.8. The zero-order valence-corrected chi connectivity index (χ0v) is 18.8. The van der Waals surface area contributed by atoms with E-state index >= 15 is 0 Å². The number of hydrogen-bond acceptors (Lipinski definition) is 7. The van der Waals surface area contributed by atoms with Gasteiger partial charge in [0.25, 0.3) is 0 Å². The molecule has 3 heterocycles. The summed E-state index contributed by atoms with van der Waals surface area (Å²) >= 11 is 0. The zero-order chi connectivity index (χ0) is 22.6. The molecule has 0 bridgehead atoms. The fourth-order valence-corrected chi connectivity index (χ4v) is 5.16. The molecule has 0 fully saturated rings. The Bertz CT molecular complexity index is 1160. The average Bonchev–Trinajstić information content (AvgIpc) is 3.46. The number of benzene rings is 1. The molecule has 0 radical (unpaired) electrons. The summed E-state index contributed by atoms with van der Waals surface area (Å²) in [5, 5.41) is 4.73. The highest BCUT2D eigenvalue weighted by Gasteiger charge is 2.29. The number of aromatic nitrogens is 3. The third kappa shape index (κ3) is 4.76. The fraction of sp³-hybridized carbons (Fsp3) is 0.409. The van der Waals surface area contributed by atoms with Gasteiger partial charge in [-0.05, 0) is 18.6 Å². The summed E-state index contributed by atoms with van der Waals surface area (Å²) in [7, 11) is -1.84. The van der Waals surface area contributed by atoms with Gasteiger partial charge in [0.05, 0.1) is 10.6 Å². The lowest BCUT2D eigenvalue weighted by atomic mass is 10.0. The number of nitrogens with zero attached hydrogens (tertiary/aromatic N) is 4. The Hall–Kier alpha value is -2.98. The number of hydrogen-bond donors (Lipinski definition) is 0. The third-order valence-corrected chi connectivity index (χ3v) is 7.30. The second kappa shape index (κ2) is 9.66. The van der Waals surface area contributed by atoms with E-state index in [0.717, 1.165) is 17.7 Å². The number of ether oxygens (including phenoxy) is 1. The molecule has 0 N–H and O–H groups in total. The van der Waals surface area contributed by atoms with E-state index in [1.165, 1.54) is 12.7 Å². The van der Waals surface area contributed by atoms with Crippen molar-refractivity contribution in [3.8, 4) is 11.4 Å². The first-order valence-corrected chi connectivity index (χ1v) is 12.2. The third-order valence-electron chi connectivity index (χ3n) is 5.57. The number of rotatable bonds is 9. The molecule has 0 unspecified atom stereocenters. The van der Waals surface area contributed by atoms with E-state index in [4.69, 9.17) is 14.3 Å². The first-order chi connectivity index (χ1) is 15.5. The minimum atomic E-state index is -3.51. The Kier molecular flexibility index (Phi) is 6.71. The van der Waals surface area contributed by atoms with Gasteiger partial charge in [-0.15, -0.1) is 0 Å². The molecule has 0 aliphatic carbocycles. The second-order valence-corrected chi connectivity index (χ2v) is 9.77. The number of amides is 1. The Balaban J connectivity index is 1.49. The highest BCUT2D eigenvalue weighted by molar-refractivity contribution is 7.91. The maximum atomic E-state index is 12.9. The standard InChI is InChI=1S/C22H26N4O5S/c1-30-12-5-10-26-20-8-11-25(14-18(20)22(24-26)19-15-31-16-23-19)21(27)9-13-32(28,29)17-6-3-2-4-7-17/h2-4,6-7,15-16H,5,8-14H2,1H3. The highest BCUT2D eigenvalue weighted by Crippen LogP contribution is 2.30. The predicted octanol–water partition coefficient (Wildman–Crippen LogP) is 2.32. The van der Waals surface area contributed by atoms with E-state index in [0.29, 0.717) is 44.0 Å². The van der Waals surface area contributed by atoms with Gasteiger partial charge in [-0.1, -0.05) is 18.2 Å². The summed E-state index contributed by atoms with van der Waals surface area (Å²) in [6.07, 6.45) is 4.29. The summed E-state index contributed by atoms with van der Waals surface area (Å²) in [5.74, 6) is -0.403. The van der Waals surface area contributed by atoms with Crippen LogP contribution in [0.3, 0.4) is 0 Å². The Morgan fingerprint density at radius 3 is 2.78 bits per heavy atom. The van der Waals surface area contributed by atoms with Crippen LogP contribution in [0.1, 0.15) is 24.1 Å². The summed E-state index contributed by atoms with van der Waals surface area (Å²) in [4.78, 5) is 19.0. The van der Waals surface area contributed by atoms with Gasteiger partial charge in [-0.2, -0.15) is 5.10 Å². The molecule has 9 nitrogen and oxygen atoms in total. The van der Waals surface area contributed by atoms with Gasteiger partial charge < -0.3 is 14.1 Å². The van der Waals surface area contributed by atoms with Gasteiger partial charge in [0.2, 0.25) is 5.91 Å². The van der Waals surface area contributed by atoms with Gasteiger partial charge in [0.1, 0.15) is 17.7 Å². The molecule has 0 saturated carbocycles. The van der Waals surface area contributed by atoms with E-state index in [9.17, 15) is 13.2 Å². The number of sulfone groups is 1. The van der Waals surface area contributed by atoms with Crippen LogP contribution < -0.4 is 0 Å². The molecule has 1 aromatic carbocycles. The molecular formula is C22H26N4O5S. The Morgan fingerprint density at radius 1 is 1.25 bits per heavy atom. The molecule has 4 rings (SSSR count). The van der Waals surface area contributed by atoms with Crippen molar-refractivity contribution in [2.24, 2.45) is 0 Å². The SMILES string of the molecule is COCCCn1nc(-c2cocn2)c2c1CCN(C(=O)CCS(=O)(=O)c1ccccc1)C2. The van der Waals surface area contributed by atoms with Crippen LogP contribution in [0.5, 0.6) is 0 Å². The number of oxazole rings is 1. The summed E-state index contributed by atoms with van der Waals surface area (Å²) in [5.41, 5.74) is 3.31. The van der Waals surface area contributed by atoms with Gasteiger partial charge >= 0.3 is 0 Å². The van der Waals surface area contributed by atoms with Crippen LogP contribution in [0.15, 0.2) is 52.3 Å². The minimum absolute atomic E-state index is 0.0617. The zero-order valence-electron chi connectivity index (χ0n) is 17.9. The lowest BCUT2D eigenvalue weighted by Gasteiger charge is -2.28. The molecule has 0 spiro atoms. The van der Waals surface area contributed by atoms with E-state index in [2.05, 4.69) is 4.98 Å². The van der Waals surface area contributed by atoms with Crippen molar-refractivity contribution in [1.82, 2.24) is 19.7 Å². The van der Waals surface area contributed by atoms with E-state index in [-0.39, 0.29) is 23.0 Å². The van der Waals surface area contributed by atoms with Crippen LogP contribution >= 0.6 is 0 Å². The van der Waals surface area contributed by atoms with Gasteiger partial charge in [-0.3, -0.25) is 9.48 Å². The van der Waals surface area contributed by atoms with Crippen LogP contribution in [0.4, 0.5) is 0 Å². The number of carbonyl (C=O) groups is 1. The van der Waals surface area contributed by atoms with Crippen molar-refractivity contribution in [3.63, 3.8) is 0 Å². The van der Waals surface area contributed by atoms with Crippen molar-refractivity contribution >= 4 is 15.7 Å². The van der Waals surface area contributed by atoms with E-state index in [1.807, 2.05) is 4.68 Å². The van der Waals surface area contributed by atoms with E-state index < -0.39 is 9.84 Å². The molecule has 0 saturated heterocycles. The largest absolute Gasteiger partial charge is 0.451 e. The molecule has 1 aliphatic heterocycles. The predicted molar refractivity (Wildman–Crippen MR) is 116 cm³/mol. The van der Waals surface area contributed by atoms with Crippen LogP contribution in [-0.4, -0.2) is 60.0 Å². The van der Waals surface area contributed by atoms with E-state index in [1.54, 1.807) is 42.3 Å². The van der Waals surface area contributed by atoms with Gasteiger partial charge in [0, 0.05) is 57.4 Å². The van der Waals surface area contributed by atoms with Crippen molar-refractivity contribution in [2.45, 2.75) is 37.2 Å². The maximum Gasteiger partial charge on any atom is 0.223 e. The van der Waals surface area contributed by atoms with Gasteiger partial charge in [-0.25, -0.2) is 13.4 Å². The molecule has 10 heteroatoms. The average molecular weight is 459 g/mol. The Morgan fingerprint density at radius 2 is 2.06 bits per heavy atom. The van der Waals surface area contributed by atoms with Crippen LogP contribution in [0.2, 0.25) is 0 Å². The van der Waals surface area contributed by atoms with Crippen molar-refractivity contribution in [2.75, 3.05) is 26.0 Å². The number of methoxy groups -OCH3 is 1. The number of aryl methyl sites for hydroxylation is 1. The summed E-state index contributed by atoms with van der Waals surface area (Å²) < 4.78 is 37.3. The van der Waals surface area contributed by atoms with Gasteiger partial charge in [0.15, 0.2) is 16.2 Å². The van der Waals surface area contributed by atoms with Crippen LogP contribution in [0, 0.1) is 0 Å². The van der Waals surface area contributed by atoms with Crippen LogP contribution in [-0.2, 0) is 38.9 Å². The fourth-order valence-electron chi connectivity index (χ4n) is 3.91. The number of fused-ring (bicyclic) bond motifs is 1. The first-order valence-electron chi connectivity index (χ1n) is 10.5. The maximum absolute atomic E-state index is 12.9. The van der Waals surface area contributed by atoms with Crippen LogP contribution in [0.25, 0.3) is 11.4 Å². The van der Waals surface area contributed by atoms with Crippen molar-refractivity contribution in [1.29, 1.82) is 0 Å². The van der Waals surface area contributed by atoms with Crippen molar-refractivity contribution in [3.05, 3.63) is 54.2 Å². The minimum Gasteiger partial charge on any atom is -0.451 e. The molecule has 2 aromatic heterocycles. The molecular weight excluding hydrogens is 432 g/mol. The topological polar surface area (TPSA) is 108 Å². The molecule has 32 heavy (non-hydrogen) atoms. The smallest absolute Gasteiger partial charge is 0.223 e. The molecule has 0 atom stereocenters. The molecule has 1 amide bonds. The quantitative estimate of drug-likeness (QED) is 0.453. The lowest BCUT2D eigenvalue weighted by molar-refractivity contribution is -0.131. The Labute approximate surface area is 186 Å². The summed E-state index contributed by atoms with van der Waals surface area (Å²) in [6, 6.07) is 8.22. The molecule has 170 valence electrons. The molecule has 3 aromatic rings. The first kappa shape index (κ1) is 22.2. The second-order valence-electron chi connectivity index (χ2n) is 7.66.